The summed E-state index contributed by atoms with van der Waals surface area (Å²) in [4.78, 5) is 18.9. The van der Waals surface area contributed by atoms with Gasteiger partial charge in [-0.1, -0.05) is 6.92 Å². The number of aromatic nitrogens is 1. The molecule has 1 saturated carbocycles. The number of carbonyl (C=O) groups is 1. The van der Waals surface area contributed by atoms with Gasteiger partial charge in [0.2, 0.25) is 0 Å². The van der Waals surface area contributed by atoms with Gasteiger partial charge in [-0.3, -0.25) is 4.79 Å². The van der Waals surface area contributed by atoms with Crippen LogP contribution in [-0.4, -0.2) is 34.9 Å². The predicted octanol–water partition coefficient (Wildman–Crippen LogP) is 2.73. The maximum absolute atomic E-state index is 12.7. The molecular weight excluding hydrogens is 264 g/mol. The van der Waals surface area contributed by atoms with E-state index in [9.17, 15) is 4.79 Å². The largest absolute Gasteiger partial charge is 0.370 e. The van der Waals surface area contributed by atoms with Gasteiger partial charge in [-0.15, -0.1) is 0 Å². The Hall–Kier alpha value is -2.09. The maximum Gasteiger partial charge on any atom is 0.254 e. The molecule has 0 bridgehead atoms. The summed E-state index contributed by atoms with van der Waals surface area (Å²) in [6.45, 7) is 5.33. The third-order valence-electron chi connectivity index (χ3n) is 3.47. The Kier molecular flexibility index (Phi) is 5.15. The first-order chi connectivity index (χ1) is 10.2. The molecule has 1 aromatic heterocycles. The van der Waals surface area contributed by atoms with Crippen molar-refractivity contribution in [2.75, 3.05) is 18.4 Å². The molecule has 0 unspecified atom stereocenters. The minimum absolute atomic E-state index is 0.0119. The van der Waals surface area contributed by atoms with Crippen LogP contribution in [-0.2, 0) is 0 Å². The second kappa shape index (κ2) is 7.07. The van der Waals surface area contributed by atoms with Crippen molar-refractivity contribution in [2.24, 2.45) is 0 Å². The fourth-order valence-electron chi connectivity index (χ4n) is 2.31. The van der Waals surface area contributed by atoms with E-state index in [-0.39, 0.29) is 5.91 Å². The first-order valence-electron chi connectivity index (χ1n) is 7.56. The van der Waals surface area contributed by atoms with Gasteiger partial charge < -0.3 is 10.2 Å². The smallest absolute Gasteiger partial charge is 0.254 e. The molecule has 2 rings (SSSR count). The van der Waals surface area contributed by atoms with Crippen molar-refractivity contribution in [3.05, 3.63) is 23.4 Å². The Morgan fingerprint density at radius 1 is 1.52 bits per heavy atom. The van der Waals surface area contributed by atoms with Crippen LogP contribution < -0.4 is 5.32 Å². The summed E-state index contributed by atoms with van der Waals surface area (Å²) < 4.78 is 0. The van der Waals surface area contributed by atoms with E-state index >= 15 is 0 Å². The molecule has 21 heavy (non-hydrogen) atoms. The zero-order chi connectivity index (χ0) is 15.2. The standard InChI is InChI=1S/C16H22N4O/c1-3-8-18-15-11-13(10-12(2)19-15)16(21)20(9-4-7-17)14-5-6-14/h10-11,14H,3-6,8-9H2,1-2H3,(H,18,19). The van der Waals surface area contributed by atoms with E-state index in [1.54, 1.807) is 0 Å². The van der Waals surface area contributed by atoms with E-state index in [1.165, 1.54) is 0 Å². The van der Waals surface area contributed by atoms with Crippen LogP contribution in [0.2, 0.25) is 0 Å². The quantitative estimate of drug-likeness (QED) is 0.836. The number of nitrogens with one attached hydrogen (secondary N) is 1. The SMILES string of the molecule is CCCNc1cc(C(=O)N(CCC#N)C2CC2)cc(C)n1. The van der Waals surface area contributed by atoms with Gasteiger partial charge in [0.1, 0.15) is 5.82 Å². The van der Waals surface area contributed by atoms with Crippen LogP contribution >= 0.6 is 0 Å². The lowest BCUT2D eigenvalue weighted by atomic mass is 10.2. The highest BCUT2D eigenvalue weighted by atomic mass is 16.2. The minimum atomic E-state index is 0.0119. The van der Waals surface area contributed by atoms with Gasteiger partial charge in [0.25, 0.3) is 5.91 Å². The van der Waals surface area contributed by atoms with Crippen LogP contribution in [0.5, 0.6) is 0 Å². The second-order valence-electron chi connectivity index (χ2n) is 5.45. The zero-order valence-corrected chi connectivity index (χ0v) is 12.7. The van der Waals surface area contributed by atoms with Gasteiger partial charge >= 0.3 is 0 Å². The molecule has 1 fully saturated rings. The number of nitrogens with zero attached hydrogens (tertiary/aromatic N) is 3. The van der Waals surface area contributed by atoms with Crippen molar-refractivity contribution in [3.63, 3.8) is 0 Å². The van der Waals surface area contributed by atoms with Gasteiger partial charge in [0.15, 0.2) is 0 Å². The molecule has 0 aliphatic heterocycles. The number of amides is 1. The molecule has 0 spiro atoms. The van der Waals surface area contributed by atoms with Crippen LogP contribution in [0.25, 0.3) is 0 Å². The molecule has 1 heterocycles. The van der Waals surface area contributed by atoms with Crippen molar-refractivity contribution in [1.29, 1.82) is 5.26 Å². The van der Waals surface area contributed by atoms with Crippen molar-refractivity contribution in [1.82, 2.24) is 9.88 Å². The normalized spacial score (nSPS) is 13.6. The van der Waals surface area contributed by atoms with Crippen molar-refractivity contribution in [3.8, 4) is 6.07 Å². The number of aryl methyl sites for hydroxylation is 1. The second-order valence-corrected chi connectivity index (χ2v) is 5.45. The minimum Gasteiger partial charge on any atom is -0.370 e. The van der Waals surface area contributed by atoms with E-state index < -0.39 is 0 Å². The average Bonchev–Trinajstić information content (AvgIpc) is 3.29. The Morgan fingerprint density at radius 3 is 2.90 bits per heavy atom. The third kappa shape index (κ3) is 4.19. The number of hydrogen-bond acceptors (Lipinski definition) is 4. The van der Waals surface area contributed by atoms with E-state index in [1.807, 2.05) is 24.0 Å². The van der Waals surface area contributed by atoms with Gasteiger partial charge in [-0.05, 0) is 38.3 Å². The van der Waals surface area contributed by atoms with Gasteiger partial charge in [0.05, 0.1) is 12.5 Å². The summed E-state index contributed by atoms with van der Waals surface area (Å²) >= 11 is 0. The monoisotopic (exact) mass is 286 g/mol. The fourth-order valence-corrected chi connectivity index (χ4v) is 2.31. The number of carbonyl (C=O) groups excluding carboxylic acids is 1. The van der Waals surface area contributed by atoms with Gasteiger partial charge in [-0.2, -0.15) is 5.26 Å². The van der Waals surface area contributed by atoms with Crippen LogP contribution in [0.3, 0.4) is 0 Å². The first kappa shape index (κ1) is 15.3. The maximum atomic E-state index is 12.7. The van der Waals surface area contributed by atoms with Crippen LogP contribution in [0, 0.1) is 18.3 Å². The number of hydrogen-bond donors (Lipinski definition) is 1. The first-order valence-corrected chi connectivity index (χ1v) is 7.56. The molecule has 0 saturated heterocycles. The van der Waals surface area contributed by atoms with E-state index in [0.717, 1.165) is 37.3 Å². The molecule has 0 radical (unpaired) electrons. The van der Waals surface area contributed by atoms with E-state index in [2.05, 4.69) is 23.3 Å². The molecule has 112 valence electrons. The molecule has 5 heteroatoms. The van der Waals surface area contributed by atoms with Crippen molar-refractivity contribution < 1.29 is 4.79 Å². The number of pyridine rings is 1. The fraction of sp³-hybridized carbons (Fsp3) is 0.562. The molecule has 5 nitrogen and oxygen atoms in total. The highest BCUT2D eigenvalue weighted by Crippen LogP contribution is 2.28. The molecule has 0 aromatic carbocycles. The summed E-state index contributed by atoms with van der Waals surface area (Å²) in [6, 6.07) is 6.06. The lowest BCUT2D eigenvalue weighted by Gasteiger charge is -2.21. The van der Waals surface area contributed by atoms with Crippen molar-refractivity contribution >= 4 is 11.7 Å². The molecule has 0 atom stereocenters. The molecule has 1 aliphatic rings. The lowest BCUT2D eigenvalue weighted by Crippen LogP contribution is -2.34. The lowest BCUT2D eigenvalue weighted by molar-refractivity contribution is 0.0746. The van der Waals surface area contributed by atoms with E-state index in [4.69, 9.17) is 5.26 Å². The van der Waals surface area contributed by atoms with Crippen LogP contribution in [0.1, 0.15) is 48.7 Å². The summed E-state index contributed by atoms with van der Waals surface area (Å²) in [6.07, 6.45) is 3.48. The van der Waals surface area contributed by atoms with E-state index in [0.29, 0.717) is 24.6 Å². The van der Waals surface area contributed by atoms with Crippen LogP contribution in [0.15, 0.2) is 12.1 Å². The zero-order valence-electron chi connectivity index (χ0n) is 12.7. The summed E-state index contributed by atoms with van der Waals surface area (Å²) in [5.41, 5.74) is 1.49. The summed E-state index contributed by atoms with van der Waals surface area (Å²) in [5, 5.41) is 12.0. The average molecular weight is 286 g/mol. The predicted molar refractivity (Wildman–Crippen MR) is 82.0 cm³/mol. The molecule has 1 aromatic rings. The summed E-state index contributed by atoms with van der Waals surface area (Å²) in [5.74, 6) is 0.758. The summed E-state index contributed by atoms with van der Waals surface area (Å²) in [7, 11) is 0. The number of nitriles is 1. The third-order valence-corrected chi connectivity index (χ3v) is 3.47. The number of anilines is 1. The number of rotatable bonds is 7. The molecular formula is C16H22N4O. The van der Waals surface area contributed by atoms with Crippen molar-refractivity contribution in [2.45, 2.75) is 45.6 Å². The van der Waals surface area contributed by atoms with Crippen LogP contribution in [0.4, 0.5) is 5.82 Å². The van der Waals surface area contributed by atoms with Gasteiger partial charge in [-0.25, -0.2) is 4.98 Å². The highest BCUT2D eigenvalue weighted by molar-refractivity contribution is 5.95. The topological polar surface area (TPSA) is 69.0 Å². The Bertz CT molecular complexity index is 546. The molecule has 1 aliphatic carbocycles. The van der Waals surface area contributed by atoms with Gasteiger partial charge in [0, 0.05) is 30.4 Å². The highest BCUT2D eigenvalue weighted by Gasteiger charge is 2.32. The Labute approximate surface area is 126 Å². The molecule has 1 amide bonds. The Morgan fingerprint density at radius 2 is 2.29 bits per heavy atom. The molecule has 1 N–H and O–H groups in total. The Balaban J connectivity index is 2.16.